The molecular weight excluding hydrogens is 692 g/mol. The summed E-state index contributed by atoms with van der Waals surface area (Å²) in [5.41, 5.74) is -0.173. The minimum atomic E-state index is -4.74. The van der Waals surface area contributed by atoms with Crippen molar-refractivity contribution in [2.24, 2.45) is 0 Å². The van der Waals surface area contributed by atoms with Crippen molar-refractivity contribution in [1.29, 1.82) is 0 Å². The molecule has 266 valence electrons. The van der Waals surface area contributed by atoms with Gasteiger partial charge in [-0.15, -0.1) is 0 Å². The van der Waals surface area contributed by atoms with Crippen LogP contribution in [-0.2, 0) is 32.9 Å². The SMILES string of the molecule is CCOP(OCC)OCc1ccc(OC(=O)c2ccc(C(F)(F)F)cc2Nc2nc3ncc(CNc4ccc(C(C)=O)cc4)nc3c(=O)[nH]2)cc1. The maximum absolute atomic E-state index is 13.7. The smallest absolute Gasteiger partial charge is 0.416 e. The topological polar surface area (TPSA) is 167 Å². The summed E-state index contributed by atoms with van der Waals surface area (Å²) in [4.78, 5) is 52.9. The van der Waals surface area contributed by atoms with Crippen molar-refractivity contribution in [2.45, 2.75) is 40.1 Å². The Hall–Kier alpha value is -5.28. The fraction of sp³-hybridized carbons (Fsp3) is 0.235. The fourth-order valence-electron chi connectivity index (χ4n) is 4.51. The molecule has 0 aliphatic heterocycles. The number of esters is 1. The van der Waals surface area contributed by atoms with Gasteiger partial charge in [-0.25, -0.2) is 14.8 Å². The average Bonchev–Trinajstić information content (AvgIpc) is 3.10. The molecule has 0 fully saturated rings. The van der Waals surface area contributed by atoms with Crippen molar-refractivity contribution in [1.82, 2.24) is 19.9 Å². The van der Waals surface area contributed by atoms with Crippen LogP contribution in [0.1, 0.15) is 58.3 Å². The van der Waals surface area contributed by atoms with Crippen LogP contribution in [0.3, 0.4) is 0 Å². The van der Waals surface area contributed by atoms with Gasteiger partial charge < -0.3 is 28.9 Å². The van der Waals surface area contributed by atoms with Crippen LogP contribution >= 0.6 is 8.60 Å². The van der Waals surface area contributed by atoms with Gasteiger partial charge in [0, 0.05) is 11.3 Å². The Kier molecular flexibility index (Phi) is 12.1. The standard InChI is InChI=1S/C34H32F3N6O7P/c1-4-47-51(48-5-2)49-19-21-6-13-26(14-7-21)50-32(46)27-15-10-23(34(35,36)37)16-28(27)41-33-42-30-29(31(45)43-33)40-25(18-39-30)17-38-24-11-8-22(9-12-24)20(3)44/h6-16,18,38H,4-5,17,19H2,1-3H3,(H2,39,41,42,43,45). The third-order valence-electron chi connectivity index (χ3n) is 6.99. The normalized spacial score (nSPS) is 11.5. The summed E-state index contributed by atoms with van der Waals surface area (Å²) in [6.45, 7) is 6.31. The molecule has 0 bridgehead atoms. The van der Waals surface area contributed by atoms with Gasteiger partial charge in [0.05, 0.1) is 55.1 Å². The van der Waals surface area contributed by atoms with E-state index in [4.69, 9.17) is 18.3 Å². The van der Waals surface area contributed by atoms with E-state index in [1.807, 2.05) is 13.8 Å². The van der Waals surface area contributed by atoms with Crippen molar-refractivity contribution >= 4 is 48.8 Å². The Morgan fingerprint density at radius 3 is 2.27 bits per heavy atom. The van der Waals surface area contributed by atoms with Gasteiger partial charge in [0.1, 0.15) is 5.75 Å². The lowest BCUT2D eigenvalue weighted by Crippen LogP contribution is -2.17. The van der Waals surface area contributed by atoms with Gasteiger partial charge in [0.25, 0.3) is 5.56 Å². The summed E-state index contributed by atoms with van der Waals surface area (Å²) in [7, 11) is -1.52. The van der Waals surface area contributed by atoms with Crippen LogP contribution < -0.4 is 20.9 Å². The molecule has 0 saturated heterocycles. The monoisotopic (exact) mass is 724 g/mol. The average molecular weight is 725 g/mol. The number of hydrogen-bond donors (Lipinski definition) is 3. The van der Waals surface area contributed by atoms with Crippen molar-refractivity contribution in [3.63, 3.8) is 0 Å². The zero-order valence-electron chi connectivity index (χ0n) is 27.5. The van der Waals surface area contributed by atoms with E-state index in [1.54, 1.807) is 36.4 Å². The number of Topliss-reactive ketones (excluding diaryl/α,β-unsaturated/α-hetero) is 1. The molecule has 0 aliphatic carbocycles. The highest BCUT2D eigenvalue weighted by Gasteiger charge is 2.32. The predicted octanol–water partition coefficient (Wildman–Crippen LogP) is 7.33. The third kappa shape index (κ3) is 9.92. The Bertz CT molecular complexity index is 2060. The molecule has 0 unspecified atom stereocenters. The second-order valence-corrected chi connectivity index (χ2v) is 11.9. The molecule has 17 heteroatoms. The first-order chi connectivity index (χ1) is 24.4. The van der Waals surface area contributed by atoms with Gasteiger partial charge in [-0.3, -0.25) is 14.6 Å². The van der Waals surface area contributed by atoms with E-state index in [1.165, 1.54) is 25.3 Å². The molecule has 3 N–H and O–H groups in total. The maximum Gasteiger partial charge on any atom is 0.416 e. The minimum absolute atomic E-state index is 0.0636. The van der Waals surface area contributed by atoms with Gasteiger partial charge in [-0.1, -0.05) is 12.1 Å². The van der Waals surface area contributed by atoms with E-state index < -0.39 is 31.9 Å². The number of carbonyl (C=O) groups is 2. The van der Waals surface area contributed by atoms with E-state index in [2.05, 4.69) is 30.6 Å². The minimum Gasteiger partial charge on any atom is -0.423 e. The number of H-pyrrole nitrogens is 1. The number of aromatic amines is 1. The molecule has 0 radical (unpaired) electrons. The molecule has 5 rings (SSSR count). The van der Waals surface area contributed by atoms with Gasteiger partial charge in [-0.05, 0) is 80.9 Å². The number of carbonyl (C=O) groups excluding carboxylic acids is 2. The van der Waals surface area contributed by atoms with E-state index in [-0.39, 0.29) is 53.0 Å². The number of ketones is 1. The first kappa shape index (κ1) is 37.0. The van der Waals surface area contributed by atoms with Crippen LogP contribution in [0, 0.1) is 0 Å². The molecule has 3 aromatic carbocycles. The number of fused-ring (bicyclic) bond motifs is 1. The molecule has 51 heavy (non-hydrogen) atoms. The van der Waals surface area contributed by atoms with Gasteiger partial charge in [0.2, 0.25) is 5.95 Å². The maximum atomic E-state index is 13.7. The number of halogens is 3. The van der Waals surface area contributed by atoms with E-state index in [9.17, 15) is 27.6 Å². The lowest BCUT2D eigenvalue weighted by atomic mass is 10.1. The number of ether oxygens (including phenoxy) is 1. The second-order valence-electron chi connectivity index (χ2n) is 10.7. The lowest BCUT2D eigenvalue weighted by Gasteiger charge is -2.15. The predicted molar refractivity (Wildman–Crippen MR) is 183 cm³/mol. The van der Waals surface area contributed by atoms with E-state index >= 15 is 0 Å². The molecule has 0 saturated carbocycles. The first-order valence-electron chi connectivity index (χ1n) is 15.5. The van der Waals surface area contributed by atoms with Crippen molar-refractivity contribution < 1.29 is 41.1 Å². The molecule has 0 aliphatic rings. The number of benzene rings is 3. The zero-order chi connectivity index (χ0) is 36.5. The van der Waals surface area contributed by atoms with Gasteiger partial charge in [-0.2, -0.15) is 18.2 Å². The molecule has 0 spiro atoms. The Morgan fingerprint density at radius 2 is 1.63 bits per heavy atom. The molecule has 0 atom stereocenters. The van der Waals surface area contributed by atoms with Gasteiger partial charge >= 0.3 is 20.7 Å². The summed E-state index contributed by atoms with van der Waals surface area (Å²) in [6.07, 6.45) is -3.35. The zero-order valence-corrected chi connectivity index (χ0v) is 28.4. The highest BCUT2D eigenvalue weighted by Crippen LogP contribution is 2.40. The number of anilines is 3. The Labute approximate surface area is 290 Å². The summed E-state index contributed by atoms with van der Waals surface area (Å²) in [6, 6.07) is 15.5. The number of nitrogens with one attached hydrogen (secondary N) is 3. The van der Waals surface area contributed by atoms with Crippen LogP contribution in [0.4, 0.5) is 30.5 Å². The van der Waals surface area contributed by atoms with Gasteiger partial charge in [0.15, 0.2) is 16.9 Å². The van der Waals surface area contributed by atoms with Crippen LogP contribution in [-0.4, -0.2) is 44.9 Å². The van der Waals surface area contributed by atoms with Crippen LogP contribution in [0.5, 0.6) is 5.75 Å². The number of nitrogens with zero attached hydrogens (tertiary/aromatic N) is 3. The molecule has 2 heterocycles. The van der Waals surface area contributed by atoms with Crippen molar-refractivity contribution in [3.05, 3.63) is 111 Å². The van der Waals surface area contributed by atoms with E-state index in [0.717, 1.165) is 17.7 Å². The first-order valence-corrected chi connectivity index (χ1v) is 16.6. The number of aromatic nitrogens is 4. The van der Waals surface area contributed by atoms with Crippen LogP contribution in [0.25, 0.3) is 11.2 Å². The van der Waals surface area contributed by atoms with Crippen molar-refractivity contribution in [2.75, 3.05) is 23.8 Å². The third-order valence-corrected chi connectivity index (χ3v) is 8.27. The number of hydrogen-bond acceptors (Lipinski definition) is 12. The molecular formula is C34H32F3N6O7P. The molecule has 13 nitrogen and oxygen atoms in total. The van der Waals surface area contributed by atoms with E-state index in [0.29, 0.717) is 36.2 Å². The summed E-state index contributed by atoms with van der Waals surface area (Å²) in [5.74, 6) is -1.19. The van der Waals surface area contributed by atoms with Crippen LogP contribution in [0.2, 0.25) is 0 Å². The molecule has 5 aromatic rings. The quantitative estimate of drug-likeness (QED) is 0.0427. The second kappa shape index (κ2) is 16.6. The van der Waals surface area contributed by atoms with Crippen molar-refractivity contribution in [3.8, 4) is 5.75 Å². The fourth-order valence-corrected chi connectivity index (χ4v) is 5.41. The number of alkyl halides is 3. The highest BCUT2D eigenvalue weighted by atomic mass is 31.2. The number of rotatable bonds is 15. The largest absolute Gasteiger partial charge is 0.423 e. The highest BCUT2D eigenvalue weighted by molar-refractivity contribution is 7.41. The van der Waals surface area contributed by atoms with Crippen LogP contribution in [0.15, 0.2) is 77.7 Å². The summed E-state index contributed by atoms with van der Waals surface area (Å²) in [5, 5.41) is 5.72. The summed E-state index contributed by atoms with van der Waals surface area (Å²) >= 11 is 0. The summed E-state index contributed by atoms with van der Waals surface area (Å²) < 4.78 is 63.0. The molecule has 2 aromatic heterocycles. The Balaban J connectivity index is 1.32. The lowest BCUT2D eigenvalue weighted by molar-refractivity contribution is -0.137. The Morgan fingerprint density at radius 1 is 0.922 bits per heavy atom. The molecule has 0 amide bonds.